The summed E-state index contributed by atoms with van der Waals surface area (Å²) in [7, 11) is 0. The molecule has 0 unspecified atom stereocenters. The van der Waals surface area contributed by atoms with Crippen LogP contribution in [0.25, 0.3) is 22.0 Å². The lowest BCUT2D eigenvalue weighted by Gasteiger charge is -2.04. The molecule has 1 aliphatic heterocycles. The number of fused-ring (bicyclic) bond motifs is 2. The van der Waals surface area contributed by atoms with Gasteiger partial charge in [-0.2, -0.15) is 10.2 Å². The molecule has 0 spiro atoms. The minimum atomic E-state index is -0.453. The molecule has 0 aliphatic carbocycles. The molecule has 1 aromatic heterocycles. The fraction of sp³-hybridized carbons (Fsp3) is 0.0455. The number of carbonyl (C=O) groups excluding carboxylic acids is 1. The Morgan fingerprint density at radius 1 is 1.10 bits per heavy atom. The number of phenols is 1. The Hall–Kier alpha value is -4.33. The van der Waals surface area contributed by atoms with Crippen molar-refractivity contribution >= 4 is 22.9 Å². The number of aromatic amines is 1. The summed E-state index contributed by atoms with van der Waals surface area (Å²) < 4.78 is 10.7. The van der Waals surface area contributed by atoms with Crippen molar-refractivity contribution in [3.63, 3.8) is 0 Å². The minimum Gasteiger partial charge on any atom is -0.507 e. The first-order valence-corrected chi connectivity index (χ1v) is 9.18. The van der Waals surface area contributed by atoms with Gasteiger partial charge < -0.3 is 14.6 Å². The molecule has 5 rings (SSSR count). The number of rotatable bonds is 4. The summed E-state index contributed by atoms with van der Waals surface area (Å²) in [6, 6.07) is 18.1. The van der Waals surface area contributed by atoms with Gasteiger partial charge in [0.2, 0.25) is 6.79 Å². The summed E-state index contributed by atoms with van der Waals surface area (Å²) in [5.74, 6) is 0.947. The van der Waals surface area contributed by atoms with Crippen LogP contribution in [0.5, 0.6) is 17.2 Å². The number of hydrogen-bond donors (Lipinski definition) is 3. The Kier molecular flexibility index (Phi) is 4.29. The van der Waals surface area contributed by atoms with Gasteiger partial charge in [-0.3, -0.25) is 9.89 Å². The molecule has 2 heterocycles. The molecule has 8 heteroatoms. The number of ether oxygens (including phenoxy) is 2. The SMILES string of the molecule is O=C(NN=Cc1c(O)ccc2ccccc12)c1cc(-c2ccc3c(c2)OCO3)n[nH]1. The number of nitrogens with zero attached hydrogens (tertiary/aromatic N) is 2. The molecule has 4 aromatic rings. The summed E-state index contributed by atoms with van der Waals surface area (Å²) in [6.07, 6.45) is 1.42. The third-order valence-corrected chi connectivity index (χ3v) is 4.80. The first-order chi connectivity index (χ1) is 14.7. The number of H-pyrrole nitrogens is 1. The molecule has 1 aliphatic rings. The maximum atomic E-state index is 12.4. The van der Waals surface area contributed by atoms with E-state index in [0.717, 1.165) is 16.3 Å². The van der Waals surface area contributed by atoms with Crippen molar-refractivity contribution in [3.05, 3.63) is 71.9 Å². The van der Waals surface area contributed by atoms with Gasteiger partial charge in [-0.05, 0) is 41.1 Å². The fourth-order valence-electron chi connectivity index (χ4n) is 3.28. The second kappa shape index (κ2) is 7.25. The first-order valence-electron chi connectivity index (χ1n) is 9.18. The Balaban J connectivity index is 1.33. The average molecular weight is 400 g/mol. The Labute approximate surface area is 170 Å². The van der Waals surface area contributed by atoms with E-state index in [2.05, 4.69) is 20.7 Å². The van der Waals surface area contributed by atoms with Crippen LogP contribution in [0.3, 0.4) is 0 Å². The molecule has 0 atom stereocenters. The van der Waals surface area contributed by atoms with Gasteiger partial charge in [0.05, 0.1) is 11.9 Å². The normalized spacial score (nSPS) is 12.5. The molecule has 30 heavy (non-hydrogen) atoms. The molecule has 3 aromatic carbocycles. The van der Waals surface area contributed by atoms with Crippen molar-refractivity contribution in [2.45, 2.75) is 0 Å². The quantitative estimate of drug-likeness (QED) is 0.359. The summed E-state index contributed by atoms with van der Waals surface area (Å²) in [4.78, 5) is 12.4. The third-order valence-electron chi connectivity index (χ3n) is 4.80. The summed E-state index contributed by atoms with van der Waals surface area (Å²) >= 11 is 0. The van der Waals surface area contributed by atoms with Gasteiger partial charge in [0.15, 0.2) is 11.5 Å². The molecule has 8 nitrogen and oxygen atoms in total. The van der Waals surface area contributed by atoms with E-state index >= 15 is 0 Å². The fourth-order valence-corrected chi connectivity index (χ4v) is 3.28. The molecule has 3 N–H and O–H groups in total. The lowest BCUT2D eigenvalue weighted by molar-refractivity contribution is 0.0950. The highest BCUT2D eigenvalue weighted by Gasteiger charge is 2.16. The van der Waals surface area contributed by atoms with Crippen LogP contribution < -0.4 is 14.9 Å². The van der Waals surface area contributed by atoms with E-state index in [0.29, 0.717) is 22.8 Å². The zero-order valence-electron chi connectivity index (χ0n) is 15.6. The number of benzene rings is 3. The van der Waals surface area contributed by atoms with Crippen molar-refractivity contribution in [1.82, 2.24) is 15.6 Å². The van der Waals surface area contributed by atoms with Gasteiger partial charge in [0.1, 0.15) is 11.4 Å². The predicted octanol–water partition coefficient (Wildman–Crippen LogP) is 3.43. The zero-order chi connectivity index (χ0) is 20.5. The van der Waals surface area contributed by atoms with Crippen LogP contribution in [0.1, 0.15) is 16.1 Å². The van der Waals surface area contributed by atoms with Crippen LogP contribution >= 0.6 is 0 Å². The number of aromatic nitrogens is 2. The molecule has 1 amide bonds. The second-order valence-corrected chi connectivity index (χ2v) is 6.65. The minimum absolute atomic E-state index is 0.0818. The molecule has 0 radical (unpaired) electrons. The smallest absolute Gasteiger partial charge is 0.289 e. The topological polar surface area (TPSA) is 109 Å². The number of aromatic hydroxyl groups is 1. The van der Waals surface area contributed by atoms with E-state index < -0.39 is 5.91 Å². The van der Waals surface area contributed by atoms with E-state index in [9.17, 15) is 9.90 Å². The van der Waals surface area contributed by atoms with E-state index in [1.54, 1.807) is 18.2 Å². The molecular weight excluding hydrogens is 384 g/mol. The van der Waals surface area contributed by atoms with E-state index in [1.165, 1.54) is 6.21 Å². The van der Waals surface area contributed by atoms with Crippen molar-refractivity contribution < 1.29 is 19.4 Å². The molecule has 0 fully saturated rings. The largest absolute Gasteiger partial charge is 0.507 e. The summed E-state index contributed by atoms with van der Waals surface area (Å²) in [5, 5.41) is 22.8. The van der Waals surface area contributed by atoms with E-state index in [1.807, 2.05) is 42.5 Å². The Bertz CT molecular complexity index is 1300. The van der Waals surface area contributed by atoms with Gasteiger partial charge in [0, 0.05) is 11.1 Å². The maximum Gasteiger partial charge on any atom is 0.289 e. The highest BCUT2D eigenvalue weighted by Crippen LogP contribution is 2.35. The van der Waals surface area contributed by atoms with Crippen molar-refractivity contribution in [1.29, 1.82) is 0 Å². The van der Waals surface area contributed by atoms with Crippen molar-refractivity contribution in [2.75, 3.05) is 6.79 Å². The van der Waals surface area contributed by atoms with Gasteiger partial charge in [-0.1, -0.05) is 30.3 Å². The van der Waals surface area contributed by atoms with Crippen LogP contribution in [0.15, 0.2) is 65.8 Å². The van der Waals surface area contributed by atoms with E-state index in [4.69, 9.17) is 9.47 Å². The van der Waals surface area contributed by atoms with Crippen LogP contribution in [0.2, 0.25) is 0 Å². The van der Waals surface area contributed by atoms with Crippen molar-refractivity contribution in [2.24, 2.45) is 5.10 Å². The molecule has 0 saturated carbocycles. The predicted molar refractivity (Wildman–Crippen MR) is 111 cm³/mol. The van der Waals surface area contributed by atoms with Gasteiger partial charge in [-0.25, -0.2) is 5.43 Å². The van der Waals surface area contributed by atoms with Gasteiger partial charge in [0.25, 0.3) is 5.91 Å². The summed E-state index contributed by atoms with van der Waals surface area (Å²) in [6.45, 7) is 0.192. The van der Waals surface area contributed by atoms with Crippen LogP contribution in [-0.2, 0) is 0 Å². The monoisotopic (exact) mass is 400 g/mol. The van der Waals surface area contributed by atoms with Crippen molar-refractivity contribution in [3.8, 4) is 28.5 Å². The molecular formula is C22H16N4O4. The molecule has 0 saturated heterocycles. The highest BCUT2D eigenvalue weighted by atomic mass is 16.7. The number of amides is 1. The average Bonchev–Trinajstić information content (AvgIpc) is 3.44. The molecule has 148 valence electrons. The van der Waals surface area contributed by atoms with Gasteiger partial charge in [-0.15, -0.1) is 0 Å². The number of hydrazone groups is 1. The van der Waals surface area contributed by atoms with Gasteiger partial charge >= 0.3 is 0 Å². The second-order valence-electron chi connectivity index (χ2n) is 6.65. The van der Waals surface area contributed by atoms with Crippen LogP contribution in [0.4, 0.5) is 0 Å². The van der Waals surface area contributed by atoms with E-state index in [-0.39, 0.29) is 18.2 Å². The summed E-state index contributed by atoms with van der Waals surface area (Å²) in [5.41, 5.74) is 4.61. The standard InChI is InChI=1S/C22H16N4O4/c27-19-7-5-13-3-1-2-4-15(13)16(19)11-23-26-22(28)18-10-17(24-25-18)14-6-8-20-21(9-14)30-12-29-20/h1-11,27H,12H2,(H,24,25)(H,26,28). The number of carbonyl (C=O) groups is 1. The Morgan fingerprint density at radius 2 is 1.97 bits per heavy atom. The Morgan fingerprint density at radius 3 is 2.90 bits per heavy atom. The van der Waals surface area contributed by atoms with Crippen LogP contribution in [-0.4, -0.2) is 34.2 Å². The number of hydrogen-bond acceptors (Lipinski definition) is 6. The molecule has 0 bridgehead atoms. The number of phenolic OH excluding ortho intramolecular Hbond substituents is 1. The lowest BCUT2D eigenvalue weighted by Crippen LogP contribution is -2.18. The lowest BCUT2D eigenvalue weighted by atomic mass is 10.0. The maximum absolute atomic E-state index is 12.4. The number of nitrogens with one attached hydrogen (secondary N) is 2. The zero-order valence-corrected chi connectivity index (χ0v) is 15.6. The first kappa shape index (κ1) is 17.7. The van der Waals surface area contributed by atoms with Crippen LogP contribution in [0, 0.1) is 0 Å². The third kappa shape index (κ3) is 3.20. The highest BCUT2D eigenvalue weighted by molar-refractivity contribution is 6.03.